The molecular formula is C19H35N3O4Si. The molecule has 0 unspecified atom stereocenters. The number of nitrogens with one attached hydrogen (secondary N) is 1. The third kappa shape index (κ3) is 6.81. The summed E-state index contributed by atoms with van der Waals surface area (Å²) in [4.78, 5) is 26.8. The van der Waals surface area contributed by atoms with E-state index in [0.717, 1.165) is 6.42 Å². The molecule has 1 aliphatic heterocycles. The molecule has 0 spiro atoms. The van der Waals surface area contributed by atoms with Gasteiger partial charge in [0.15, 0.2) is 8.32 Å². The quantitative estimate of drug-likeness (QED) is 0.718. The van der Waals surface area contributed by atoms with Crippen LogP contribution in [0.15, 0.2) is 0 Å². The first-order valence-electron chi connectivity index (χ1n) is 9.51. The van der Waals surface area contributed by atoms with Crippen molar-refractivity contribution in [3.63, 3.8) is 0 Å². The normalized spacial score (nSPS) is 19.4. The molecule has 0 saturated carbocycles. The molecule has 27 heavy (non-hydrogen) atoms. The summed E-state index contributed by atoms with van der Waals surface area (Å²) in [6.07, 6.45) is 0.781. The first-order chi connectivity index (χ1) is 12.2. The van der Waals surface area contributed by atoms with Gasteiger partial charge >= 0.3 is 6.09 Å². The summed E-state index contributed by atoms with van der Waals surface area (Å²) in [7, 11) is -2.10. The van der Waals surface area contributed by atoms with Crippen molar-refractivity contribution >= 4 is 20.3 Å². The molecule has 1 heterocycles. The number of ether oxygens (including phenoxy) is 1. The molecule has 2 amide bonds. The molecule has 2 atom stereocenters. The van der Waals surface area contributed by atoms with Crippen LogP contribution in [-0.2, 0) is 14.0 Å². The fraction of sp³-hybridized carbons (Fsp3) is 0.842. The fourth-order valence-electron chi connectivity index (χ4n) is 2.50. The monoisotopic (exact) mass is 397 g/mol. The van der Waals surface area contributed by atoms with Crippen LogP contribution in [0.1, 0.15) is 54.4 Å². The first-order valence-corrected chi connectivity index (χ1v) is 12.4. The van der Waals surface area contributed by atoms with Crippen molar-refractivity contribution in [2.24, 2.45) is 0 Å². The molecular weight excluding hydrogens is 362 g/mol. The Kier molecular flexibility index (Phi) is 7.48. The van der Waals surface area contributed by atoms with Gasteiger partial charge in [0.2, 0.25) is 5.91 Å². The number of hydrogen-bond acceptors (Lipinski definition) is 5. The van der Waals surface area contributed by atoms with Crippen LogP contribution in [0, 0.1) is 11.3 Å². The Morgan fingerprint density at radius 2 is 1.85 bits per heavy atom. The molecule has 1 saturated heterocycles. The van der Waals surface area contributed by atoms with Gasteiger partial charge in [-0.15, -0.1) is 0 Å². The number of alkyl carbamates (subject to hydrolysis) is 1. The SMILES string of the molecule is CC(C)(C)OC(=O)N[C@H](CO[Si](C)(C)C(C)(C)C)C(=O)N1CCC[C@H]1C#N. The minimum atomic E-state index is -2.10. The molecule has 0 aromatic rings. The lowest BCUT2D eigenvalue weighted by Gasteiger charge is -2.37. The summed E-state index contributed by atoms with van der Waals surface area (Å²) in [5, 5.41) is 11.9. The lowest BCUT2D eigenvalue weighted by Crippen LogP contribution is -2.55. The zero-order valence-corrected chi connectivity index (χ0v) is 19.0. The van der Waals surface area contributed by atoms with E-state index in [0.29, 0.717) is 13.0 Å². The predicted molar refractivity (Wildman–Crippen MR) is 107 cm³/mol. The average molecular weight is 398 g/mol. The number of hydrogen-bond donors (Lipinski definition) is 1. The molecule has 154 valence electrons. The summed E-state index contributed by atoms with van der Waals surface area (Å²) in [5.41, 5.74) is -0.666. The van der Waals surface area contributed by atoms with Gasteiger partial charge in [0, 0.05) is 6.54 Å². The fourth-order valence-corrected chi connectivity index (χ4v) is 3.51. The van der Waals surface area contributed by atoms with Crippen molar-refractivity contribution in [1.29, 1.82) is 5.26 Å². The molecule has 1 rings (SSSR count). The summed E-state index contributed by atoms with van der Waals surface area (Å²) in [5.74, 6) is -0.288. The third-order valence-electron chi connectivity index (χ3n) is 5.09. The summed E-state index contributed by atoms with van der Waals surface area (Å²) in [6, 6.07) is 0.844. The Morgan fingerprint density at radius 3 is 2.33 bits per heavy atom. The Morgan fingerprint density at radius 1 is 1.26 bits per heavy atom. The highest BCUT2D eigenvalue weighted by atomic mass is 28.4. The smallest absolute Gasteiger partial charge is 0.408 e. The van der Waals surface area contributed by atoms with E-state index in [4.69, 9.17) is 9.16 Å². The van der Waals surface area contributed by atoms with Gasteiger partial charge in [-0.3, -0.25) is 4.79 Å². The van der Waals surface area contributed by atoms with Gasteiger partial charge in [-0.25, -0.2) is 4.79 Å². The van der Waals surface area contributed by atoms with E-state index in [1.807, 2.05) is 0 Å². The van der Waals surface area contributed by atoms with Crippen LogP contribution in [-0.4, -0.2) is 56.1 Å². The highest BCUT2D eigenvalue weighted by molar-refractivity contribution is 6.74. The number of carbonyl (C=O) groups is 2. The Labute approximate surface area is 164 Å². The standard InChI is InChI=1S/C19H35N3O4Si/c1-18(2,3)26-17(24)21-15(13-25-27(7,8)19(4,5)6)16(23)22-11-9-10-14(22)12-20/h14-15H,9-11,13H2,1-8H3,(H,21,24)/t14-,15+/m0/s1. The molecule has 1 fully saturated rings. The van der Waals surface area contributed by atoms with Crippen LogP contribution in [0.2, 0.25) is 18.1 Å². The minimum Gasteiger partial charge on any atom is -0.444 e. The van der Waals surface area contributed by atoms with Gasteiger partial charge in [-0.05, 0) is 51.7 Å². The van der Waals surface area contributed by atoms with E-state index >= 15 is 0 Å². The van der Waals surface area contributed by atoms with Crippen LogP contribution < -0.4 is 5.32 Å². The molecule has 8 heteroatoms. The van der Waals surface area contributed by atoms with Gasteiger partial charge in [-0.1, -0.05) is 20.8 Å². The van der Waals surface area contributed by atoms with E-state index in [1.54, 1.807) is 20.8 Å². The maximum atomic E-state index is 13.0. The van der Waals surface area contributed by atoms with Crippen LogP contribution in [0.5, 0.6) is 0 Å². The topological polar surface area (TPSA) is 91.7 Å². The number of likely N-dealkylation sites (tertiary alicyclic amines) is 1. The van der Waals surface area contributed by atoms with Crippen LogP contribution in [0.25, 0.3) is 0 Å². The van der Waals surface area contributed by atoms with E-state index in [1.165, 1.54) is 4.90 Å². The van der Waals surface area contributed by atoms with E-state index in [9.17, 15) is 14.9 Å². The molecule has 7 nitrogen and oxygen atoms in total. The number of amides is 2. The maximum absolute atomic E-state index is 13.0. The van der Waals surface area contributed by atoms with Gasteiger partial charge in [0.05, 0.1) is 12.7 Å². The lowest BCUT2D eigenvalue weighted by molar-refractivity contribution is -0.134. The molecule has 0 aromatic carbocycles. The number of rotatable bonds is 5. The van der Waals surface area contributed by atoms with Crippen molar-refractivity contribution in [3.8, 4) is 6.07 Å². The molecule has 0 radical (unpaired) electrons. The average Bonchev–Trinajstić information content (AvgIpc) is 2.96. The Balaban J connectivity index is 2.94. The van der Waals surface area contributed by atoms with Crippen LogP contribution in [0.4, 0.5) is 4.79 Å². The van der Waals surface area contributed by atoms with Crippen molar-refractivity contribution in [2.45, 2.75) is 90.2 Å². The third-order valence-corrected chi connectivity index (χ3v) is 9.59. The highest BCUT2D eigenvalue weighted by Crippen LogP contribution is 2.36. The van der Waals surface area contributed by atoms with Gasteiger partial charge < -0.3 is 19.4 Å². The number of carbonyl (C=O) groups excluding carboxylic acids is 2. The second-order valence-electron chi connectivity index (χ2n) is 9.59. The summed E-state index contributed by atoms with van der Waals surface area (Å²) >= 11 is 0. The second kappa shape index (κ2) is 8.61. The summed E-state index contributed by atoms with van der Waals surface area (Å²) < 4.78 is 11.5. The van der Waals surface area contributed by atoms with E-state index in [-0.39, 0.29) is 17.6 Å². The Hall–Kier alpha value is -1.59. The minimum absolute atomic E-state index is 0.0185. The Bertz CT molecular complexity index is 587. The number of nitrogens with zero attached hydrogens (tertiary/aromatic N) is 2. The van der Waals surface area contributed by atoms with Gasteiger partial charge in [0.25, 0.3) is 0 Å². The van der Waals surface area contributed by atoms with E-state index in [2.05, 4.69) is 45.3 Å². The maximum Gasteiger partial charge on any atom is 0.408 e. The van der Waals surface area contributed by atoms with Crippen molar-refractivity contribution in [2.75, 3.05) is 13.2 Å². The first kappa shape index (κ1) is 23.4. The van der Waals surface area contributed by atoms with Crippen molar-refractivity contribution in [3.05, 3.63) is 0 Å². The zero-order chi connectivity index (χ0) is 21.0. The highest BCUT2D eigenvalue weighted by Gasteiger charge is 2.40. The van der Waals surface area contributed by atoms with Gasteiger partial charge in [0.1, 0.15) is 17.7 Å². The van der Waals surface area contributed by atoms with Crippen LogP contribution >= 0.6 is 0 Å². The largest absolute Gasteiger partial charge is 0.444 e. The molecule has 0 bridgehead atoms. The zero-order valence-electron chi connectivity index (χ0n) is 18.0. The predicted octanol–water partition coefficient (Wildman–Crippen LogP) is 3.42. The number of nitriles is 1. The van der Waals surface area contributed by atoms with Crippen molar-refractivity contribution < 1.29 is 18.8 Å². The molecule has 0 aromatic heterocycles. The van der Waals surface area contributed by atoms with Crippen molar-refractivity contribution in [1.82, 2.24) is 10.2 Å². The second-order valence-corrected chi connectivity index (χ2v) is 14.4. The van der Waals surface area contributed by atoms with Crippen LogP contribution in [0.3, 0.4) is 0 Å². The van der Waals surface area contributed by atoms with Gasteiger partial charge in [-0.2, -0.15) is 5.26 Å². The molecule has 0 aliphatic carbocycles. The molecule has 1 N–H and O–H groups in total. The molecule has 1 aliphatic rings. The summed E-state index contributed by atoms with van der Waals surface area (Å²) in [6.45, 7) is 16.4. The lowest BCUT2D eigenvalue weighted by atomic mass is 10.2. The van der Waals surface area contributed by atoms with E-state index < -0.39 is 32.1 Å².